The molecular weight excluding hydrogens is 224 g/mol. The summed E-state index contributed by atoms with van der Waals surface area (Å²) in [6.45, 7) is 1.40. The Hall–Kier alpha value is -2.08. The lowest BCUT2D eigenvalue weighted by Gasteiger charge is -2.18. The summed E-state index contributed by atoms with van der Waals surface area (Å²) in [5.41, 5.74) is 1.49. The Morgan fingerprint density at radius 3 is 2.88 bits per heavy atom. The third-order valence-electron chi connectivity index (χ3n) is 2.48. The Morgan fingerprint density at radius 1 is 1.53 bits per heavy atom. The highest BCUT2D eigenvalue weighted by Gasteiger charge is 2.16. The number of carbonyl (C=O) groups excluding carboxylic acids is 1. The topological polar surface area (TPSA) is 86.5 Å². The molecule has 0 radical (unpaired) electrons. The quantitative estimate of drug-likeness (QED) is 0.793. The number of fused-ring (bicyclic) bond motifs is 1. The van der Waals surface area contributed by atoms with Crippen LogP contribution in [-0.4, -0.2) is 29.1 Å². The van der Waals surface area contributed by atoms with Crippen LogP contribution in [0, 0.1) is 0 Å². The van der Waals surface area contributed by atoms with Crippen molar-refractivity contribution >= 4 is 22.7 Å². The van der Waals surface area contributed by atoms with Crippen molar-refractivity contribution in [2.24, 2.45) is 0 Å². The third kappa shape index (κ3) is 2.07. The zero-order chi connectivity index (χ0) is 12.6. The lowest BCUT2D eigenvalue weighted by Crippen LogP contribution is -2.34. The Labute approximate surface area is 96.5 Å². The van der Waals surface area contributed by atoms with Gasteiger partial charge in [-0.05, 0) is 19.1 Å². The first kappa shape index (κ1) is 11.4. The molecule has 0 aliphatic heterocycles. The van der Waals surface area contributed by atoms with Crippen molar-refractivity contribution in [3.8, 4) is 0 Å². The predicted molar refractivity (Wildman–Crippen MR) is 61.9 cm³/mol. The average molecular weight is 236 g/mol. The number of hydrogen-bond donors (Lipinski definition) is 2. The second-order valence-corrected chi connectivity index (χ2v) is 3.77. The van der Waals surface area contributed by atoms with Crippen LogP contribution in [0.2, 0.25) is 0 Å². The molecule has 0 aliphatic carbocycles. The molecule has 6 heteroatoms. The van der Waals surface area contributed by atoms with E-state index in [9.17, 15) is 14.7 Å². The van der Waals surface area contributed by atoms with E-state index in [0.29, 0.717) is 16.8 Å². The van der Waals surface area contributed by atoms with Crippen LogP contribution >= 0.6 is 0 Å². The standard InChI is InChI=1S/C11H12N2O4/c1-6(14)10(15)13(2)7-3-4-8-9(5-7)17-11(16)12-8/h3-6,14H,1-2H3,(H,12,16). The highest BCUT2D eigenvalue weighted by molar-refractivity contribution is 5.96. The Balaban J connectivity index is 2.42. The first-order chi connectivity index (χ1) is 7.99. The molecule has 6 nitrogen and oxygen atoms in total. The number of aliphatic hydroxyl groups excluding tert-OH is 1. The predicted octanol–water partition coefficient (Wildman–Crippen LogP) is 0.465. The van der Waals surface area contributed by atoms with E-state index in [4.69, 9.17) is 4.42 Å². The van der Waals surface area contributed by atoms with Gasteiger partial charge in [-0.15, -0.1) is 0 Å². The minimum atomic E-state index is -1.08. The van der Waals surface area contributed by atoms with E-state index in [0.717, 1.165) is 0 Å². The maximum absolute atomic E-state index is 11.6. The molecule has 2 rings (SSSR count). The van der Waals surface area contributed by atoms with E-state index in [-0.39, 0.29) is 0 Å². The van der Waals surface area contributed by atoms with Gasteiger partial charge in [-0.3, -0.25) is 9.78 Å². The number of carbonyl (C=O) groups is 1. The molecule has 1 unspecified atom stereocenters. The van der Waals surface area contributed by atoms with E-state index in [1.54, 1.807) is 25.2 Å². The molecule has 2 aromatic rings. The van der Waals surface area contributed by atoms with Crippen molar-refractivity contribution in [3.05, 3.63) is 28.7 Å². The fourth-order valence-electron chi connectivity index (χ4n) is 1.55. The summed E-state index contributed by atoms with van der Waals surface area (Å²) in [4.78, 5) is 26.3. The number of oxazole rings is 1. The van der Waals surface area contributed by atoms with Gasteiger partial charge >= 0.3 is 5.76 Å². The van der Waals surface area contributed by atoms with Gasteiger partial charge in [0, 0.05) is 18.8 Å². The van der Waals surface area contributed by atoms with Gasteiger partial charge in [0.05, 0.1) is 5.52 Å². The number of aromatic amines is 1. The molecule has 2 N–H and O–H groups in total. The summed E-state index contributed by atoms with van der Waals surface area (Å²) in [7, 11) is 1.54. The molecule has 0 spiro atoms. The average Bonchev–Trinajstić information content (AvgIpc) is 2.65. The van der Waals surface area contributed by atoms with E-state index in [1.807, 2.05) is 0 Å². The van der Waals surface area contributed by atoms with Crippen molar-refractivity contribution in [1.29, 1.82) is 0 Å². The molecule has 0 bridgehead atoms. The SMILES string of the molecule is CC(O)C(=O)N(C)c1ccc2[nH]c(=O)oc2c1. The number of nitrogens with one attached hydrogen (secondary N) is 1. The normalized spacial score (nSPS) is 12.6. The summed E-state index contributed by atoms with van der Waals surface area (Å²) >= 11 is 0. The Morgan fingerprint density at radius 2 is 2.24 bits per heavy atom. The van der Waals surface area contributed by atoms with Crippen molar-refractivity contribution in [3.63, 3.8) is 0 Å². The van der Waals surface area contributed by atoms with Gasteiger partial charge in [0.2, 0.25) is 0 Å². The number of aliphatic hydroxyl groups is 1. The molecule has 0 saturated heterocycles. The highest BCUT2D eigenvalue weighted by Crippen LogP contribution is 2.19. The maximum Gasteiger partial charge on any atom is 0.417 e. The molecule has 0 aliphatic rings. The number of rotatable bonds is 2. The van der Waals surface area contributed by atoms with Crippen LogP contribution in [0.3, 0.4) is 0 Å². The molecule has 0 fully saturated rings. The number of aromatic nitrogens is 1. The van der Waals surface area contributed by atoms with Crippen LogP contribution in [0.5, 0.6) is 0 Å². The Kier molecular flexibility index (Phi) is 2.72. The van der Waals surface area contributed by atoms with Gasteiger partial charge in [-0.25, -0.2) is 4.79 Å². The molecule has 90 valence electrons. The minimum absolute atomic E-state index is 0.373. The fraction of sp³-hybridized carbons (Fsp3) is 0.273. The second kappa shape index (κ2) is 4.06. The summed E-state index contributed by atoms with van der Waals surface area (Å²) in [5.74, 6) is -0.969. The van der Waals surface area contributed by atoms with Crippen molar-refractivity contribution in [1.82, 2.24) is 4.98 Å². The van der Waals surface area contributed by atoms with E-state index in [1.165, 1.54) is 11.8 Å². The third-order valence-corrected chi connectivity index (χ3v) is 2.48. The monoisotopic (exact) mass is 236 g/mol. The van der Waals surface area contributed by atoms with Crippen molar-refractivity contribution < 1.29 is 14.3 Å². The molecule has 17 heavy (non-hydrogen) atoms. The smallest absolute Gasteiger partial charge is 0.408 e. The zero-order valence-corrected chi connectivity index (χ0v) is 9.43. The minimum Gasteiger partial charge on any atom is -0.408 e. The van der Waals surface area contributed by atoms with Crippen LogP contribution in [0.25, 0.3) is 11.1 Å². The van der Waals surface area contributed by atoms with Crippen LogP contribution in [-0.2, 0) is 4.79 Å². The lowest BCUT2D eigenvalue weighted by molar-refractivity contribution is -0.125. The fourth-order valence-corrected chi connectivity index (χ4v) is 1.55. The molecule has 1 amide bonds. The van der Waals surface area contributed by atoms with Gasteiger partial charge in [0.25, 0.3) is 5.91 Å². The number of likely N-dealkylation sites (N-methyl/N-ethyl adjacent to an activating group) is 1. The highest BCUT2D eigenvalue weighted by atomic mass is 16.4. The van der Waals surface area contributed by atoms with E-state index >= 15 is 0 Å². The summed E-state index contributed by atoms with van der Waals surface area (Å²) in [6.07, 6.45) is -1.08. The Bertz CT molecular complexity index is 611. The molecule has 1 heterocycles. The largest absolute Gasteiger partial charge is 0.417 e. The van der Waals surface area contributed by atoms with Crippen LogP contribution in [0.4, 0.5) is 5.69 Å². The molecule has 0 saturated carbocycles. The summed E-state index contributed by atoms with van der Waals surface area (Å²) < 4.78 is 4.89. The van der Waals surface area contributed by atoms with Crippen molar-refractivity contribution in [2.45, 2.75) is 13.0 Å². The van der Waals surface area contributed by atoms with Gasteiger partial charge < -0.3 is 14.4 Å². The number of amides is 1. The molecule has 1 atom stereocenters. The van der Waals surface area contributed by atoms with Gasteiger partial charge in [0.1, 0.15) is 6.10 Å². The van der Waals surface area contributed by atoms with Crippen LogP contribution in [0.15, 0.2) is 27.4 Å². The van der Waals surface area contributed by atoms with E-state index in [2.05, 4.69) is 4.98 Å². The first-order valence-corrected chi connectivity index (χ1v) is 5.07. The van der Waals surface area contributed by atoms with E-state index < -0.39 is 17.8 Å². The van der Waals surface area contributed by atoms with Crippen molar-refractivity contribution in [2.75, 3.05) is 11.9 Å². The number of anilines is 1. The number of H-pyrrole nitrogens is 1. The maximum atomic E-state index is 11.6. The number of benzene rings is 1. The lowest BCUT2D eigenvalue weighted by atomic mass is 10.2. The van der Waals surface area contributed by atoms with Gasteiger partial charge in [0.15, 0.2) is 5.58 Å². The number of hydrogen-bond acceptors (Lipinski definition) is 4. The van der Waals surface area contributed by atoms with Crippen LogP contribution < -0.4 is 10.7 Å². The first-order valence-electron chi connectivity index (χ1n) is 5.07. The summed E-state index contributed by atoms with van der Waals surface area (Å²) in [5, 5.41) is 9.20. The summed E-state index contributed by atoms with van der Waals surface area (Å²) in [6, 6.07) is 4.86. The van der Waals surface area contributed by atoms with Gasteiger partial charge in [-0.2, -0.15) is 0 Å². The molecule has 1 aromatic carbocycles. The van der Waals surface area contributed by atoms with Crippen LogP contribution in [0.1, 0.15) is 6.92 Å². The molecular formula is C11H12N2O4. The van der Waals surface area contributed by atoms with Gasteiger partial charge in [-0.1, -0.05) is 0 Å². The molecule has 1 aromatic heterocycles. The second-order valence-electron chi connectivity index (χ2n) is 3.77. The zero-order valence-electron chi connectivity index (χ0n) is 9.43. The number of nitrogens with zero attached hydrogens (tertiary/aromatic N) is 1.